The van der Waals surface area contributed by atoms with Gasteiger partial charge in [0.25, 0.3) is 0 Å². The Bertz CT molecular complexity index is 1070. The van der Waals surface area contributed by atoms with Crippen LogP contribution in [0.5, 0.6) is 0 Å². The fraction of sp³-hybridized carbons (Fsp3) is 0.208. The number of nitrogens with zero attached hydrogens (tertiary/aromatic N) is 1. The Kier molecular flexibility index (Phi) is 5.97. The first kappa shape index (κ1) is 20.3. The minimum Gasteiger partial charge on any atom is -0.325 e. The van der Waals surface area contributed by atoms with Crippen molar-refractivity contribution in [2.45, 2.75) is 23.7 Å². The topological polar surface area (TPSA) is 66.5 Å². The molecule has 6 heteroatoms. The number of carbonyl (C=O) groups excluding carboxylic acids is 1. The van der Waals surface area contributed by atoms with Crippen molar-refractivity contribution in [1.82, 2.24) is 4.31 Å². The first-order valence-corrected chi connectivity index (χ1v) is 11.5. The van der Waals surface area contributed by atoms with Gasteiger partial charge in [0.15, 0.2) is 0 Å². The van der Waals surface area contributed by atoms with Gasteiger partial charge in [-0.25, -0.2) is 8.42 Å². The summed E-state index contributed by atoms with van der Waals surface area (Å²) in [6.45, 7) is 1.09. The highest BCUT2D eigenvalue weighted by molar-refractivity contribution is 7.89. The standard InChI is InChI=1S/C24H24N2O3S/c27-24(23(19-10-3-1-4-11-19)20-12-5-2-6-13-20)25-21-14-9-15-22(18-21)30(28,29)26-16-7-8-17-26/h1-6,9-15,18,23H,7-8,16-17H2,(H,25,27). The fourth-order valence-corrected chi connectivity index (χ4v) is 5.38. The Hall–Kier alpha value is -2.96. The molecule has 0 spiro atoms. The molecule has 1 heterocycles. The zero-order chi connectivity index (χ0) is 21.0. The van der Waals surface area contributed by atoms with Gasteiger partial charge in [-0.1, -0.05) is 66.7 Å². The van der Waals surface area contributed by atoms with Crippen molar-refractivity contribution in [2.75, 3.05) is 18.4 Å². The third-order valence-corrected chi connectivity index (χ3v) is 7.23. The van der Waals surface area contributed by atoms with Crippen LogP contribution in [0.15, 0.2) is 89.8 Å². The van der Waals surface area contributed by atoms with E-state index in [9.17, 15) is 13.2 Å². The van der Waals surface area contributed by atoms with Gasteiger partial charge in [-0.2, -0.15) is 4.31 Å². The van der Waals surface area contributed by atoms with Crippen LogP contribution in [0.4, 0.5) is 5.69 Å². The molecule has 0 saturated carbocycles. The molecule has 4 rings (SSSR count). The number of anilines is 1. The summed E-state index contributed by atoms with van der Waals surface area (Å²) in [7, 11) is -3.54. The summed E-state index contributed by atoms with van der Waals surface area (Å²) in [4.78, 5) is 13.5. The van der Waals surface area contributed by atoms with Crippen LogP contribution in [0.2, 0.25) is 0 Å². The van der Waals surface area contributed by atoms with Gasteiger partial charge >= 0.3 is 0 Å². The zero-order valence-electron chi connectivity index (χ0n) is 16.6. The van der Waals surface area contributed by atoms with Gasteiger partial charge in [0.2, 0.25) is 15.9 Å². The number of rotatable bonds is 6. The minimum atomic E-state index is -3.54. The van der Waals surface area contributed by atoms with Crippen molar-refractivity contribution in [1.29, 1.82) is 0 Å². The molecule has 5 nitrogen and oxygen atoms in total. The molecule has 154 valence electrons. The lowest BCUT2D eigenvalue weighted by atomic mass is 9.90. The smallest absolute Gasteiger partial charge is 0.243 e. The number of hydrogen-bond acceptors (Lipinski definition) is 3. The maximum absolute atomic E-state index is 13.3. The van der Waals surface area contributed by atoms with Gasteiger partial charge in [-0.15, -0.1) is 0 Å². The van der Waals surface area contributed by atoms with Gasteiger partial charge in [-0.3, -0.25) is 4.79 Å². The lowest BCUT2D eigenvalue weighted by Gasteiger charge is -2.19. The number of carbonyl (C=O) groups is 1. The first-order valence-electron chi connectivity index (χ1n) is 10.1. The average Bonchev–Trinajstić information content (AvgIpc) is 3.32. The molecule has 1 aliphatic heterocycles. The van der Waals surface area contributed by atoms with Crippen molar-refractivity contribution in [3.63, 3.8) is 0 Å². The second-order valence-corrected chi connectivity index (χ2v) is 9.32. The molecule has 1 saturated heterocycles. The molecular formula is C24H24N2O3S. The van der Waals surface area contributed by atoms with Gasteiger partial charge < -0.3 is 5.32 Å². The van der Waals surface area contributed by atoms with Crippen LogP contribution in [-0.4, -0.2) is 31.7 Å². The van der Waals surface area contributed by atoms with E-state index in [0.29, 0.717) is 18.8 Å². The summed E-state index contributed by atoms with van der Waals surface area (Å²) in [6, 6.07) is 25.6. The Labute approximate surface area is 177 Å². The quantitative estimate of drug-likeness (QED) is 0.649. The highest BCUT2D eigenvalue weighted by Crippen LogP contribution is 2.28. The predicted molar refractivity (Wildman–Crippen MR) is 118 cm³/mol. The SMILES string of the molecule is O=C(Nc1cccc(S(=O)(=O)N2CCCC2)c1)C(c1ccccc1)c1ccccc1. The molecular weight excluding hydrogens is 396 g/mol. The second kappa shape index (κ2) is 8.81. The molecule has 0 aromatic heterocycles. The van der Waals surface area contributed by atoms with Gasteiger partial charge in [0.1, 0.15) is 0 Å². The molecule has 1 N–H and O–H groups in total. The Morgan fingerprint density at radius 2 is 1.37 bits per heavy atom. The highest BCUT2D eigenvalue weighted by atomic mass is 32.2. The van der Waals surface area contributed by atoms with E-state index in [1.165, 1.54) is 4.31 Å². The van der Waals surface area contributed by atoms with Crippen molar-refractivity contribution in [3.05, 3.63) is 96.1 Å². The van der Waals surface area contributed by atoms with Crippen LogP contribution in [0.3, 0.4) is 0 Å². The van der Waals surface area contributed by atoms with E-state index < -0.39 is 15.9 Å². The molecule has 1 amide bonds. The van der Waals surface area contributed by atoms with E-state index in [1.54, 1.807) is 24.3 Å². The molecule has 1 aliphatic rings. The molecule has 1 fully saturated rings. The van der Waals surface area contributed by atoms with Gasteiger partial charge in [0, 0.05) is 18.8 Å². The van der Waals surface area contributed by atoms with E-state index in [2.05, 4.69) is 5.32 Å². The number of sulfonamides is 1. The lowest BCUT2D eigenvalue weighted by Crippen LogP contribution is -2.28. The van der Waals surface area contributed by atoms with E-state index in [0.717, 1.165) is 24.0 Å². The second-order valence-electron chi connectivity index (χ2n) is 7.38. The minimum absolute atomic E-state index is 0.205. The van der Waals surface area contributed by atoms with Crippen molar-refractivity contribution >= 4 is 21.6 Å². The fourth-order valence-electron chi connectivity index (χ4n) is 3.81. The largest absolute Gasteiger partial charge is 0.325 e. The molecule has 0 aliphatic carbocycles. The highest BCUT2D eigenvalue weighted by Gasteiger charge is 2.28. The molecule has 30 heavy (non-hydrogen) atoms. The number of hydrogen-bond donors (Lipinski definition) is 1. The number of nitrogens with one attached hydrogen (secondary N) is 1. The summed E-state index contributed by atoms with van der Waals surface area (Å²) in [5.41, 5.74) is 2.22. The van der Waals surface area contributed by atoms with E-state index >= 15 is 0 Å². The average molecular weight is 421 g/mol. The predicted octanol–water partition coefficient (Wildman–Crippen LogP) is 4.24. The van der Waals surface area contributed by atoms with Crippen LogP contribution in [0.1, 0.15) is 29.9 Å². The van der Waals surface area contributed by atoms with Gasteiger partial charge in [-0.05, 0) is 42.2 Å². The van der Waals surface area contributed by atoms with Crippen LogP contribution >= 0.6 is 0 Å². The van der Waals surface area contributed by atoms with Crippen LogP contribution in [0.25, 0.3) is 0 Å². The molecule has 0 radical (unpaired) electrons. The number of amides is 1. The molecule has 0 atom stereocenters. The summed E-state index contributed by atoms with van der Waals surface area (Å²) in [6.07, 6.45) is 1.76. The summed E-state index contributed by atoms with van der Waals surface area (Å²) in [5, 5.41) is 2.92. The normalized spacial score (nSPS) is 14.7. The third kappa shape index (κ3) is 4.30. The lowest BCUT2D eigenvalue weighted by molar-refractivity contribution is -0.116. The molecule has 3 aromatic carbocycles. The maximum Gasteiger partial charge on any atom is 0.243 e. The van der Waals surface area contributed by atoms with Crippen molar-refractivity contribution in [3.8, 4) is 0 Å². The number of benzene rings is 3. The molecule has 0 unspecified atom stereocenters. The molecule has 3 aromatic rings. The van der Waals surface area contributed by atoms with E-state index in [1.807, 2.05) is 60.7 Å². The van der Waals surface area contributed by atoms with Crippen LogP contribution in [0, 0.1) is 0 Å². The monoisotopic (exact) mass is 420 g/mol. The summed E-state index contributed by atoms with van der Waals surface area (Å²) >= 11 is 0. The Morgan fingerprint density at radius 3 is 1.93 bits per heavy atom. The van der Waals surface area contributed by atoms with Crippen LogP contribution < -0.4 is 5.32 Å². The summed E-state index contributed by atoms with van der Waals surface area (Å²) in [5.74, 6) is -0.700. The Balaban J connectivity index is 1.62. The summed E-state index contributed by atoms with van der Waals surface area (Å²) < 4.78 is 27.2. The van der Waals surface area contributed by atoms with E-state index in [-0.39, 0.29) is 10.8 Å². The first-order chi connectivity index (χ1) is 14.6. The van der Waals surface area contributed by atoms with Crippen LogP contribution in [-0.2, 0) is 14.8 Å². The van der Waals surface area contributed by atoms with Crippen molar-refractivity contribution in [2.24, 2.45) is 0 Å². The molecule has 0 bridgehead atoms. The maximum atomic E-state index is 13.3. The Morgan fingerprint density at radius 1 is 0.800 bits per heavy atom. The van der Waals surface area contributed by atoms with E-state index in [4.69, 9.17) is 0 Å². The zero-order valence-corrected chi connectivity index (χ0v) is 17.4. The van der Waals surface area contributed by atoms with Gasteiger partial charge in [0.05, 0.1) is 10.8 Å². The third-order valence-electron chi connectivity index (χ3n) is 5.33. The van der Waals surface area contributed by atoms with Crippen molar-refractivity contribution < 1.29 is 13.2 Å².